The van der Waals surface area contributed by atoms with Crippen molar-refractivity contribution in [3.63, 3.8) is 0 Å². The molecule has 0 amide bonds. The summed E-state index contributed by atoms with van der Waals surface area (Å²) in [5, 5.41) is 14.7. The Hall–Kier alpha value is -2.39. The van der Waals surface area contributed by atoms with Gasteiger partial charge in [0, 0.05) is 35.3 Å². The SMILES string of the molecule is C[C@H](CNCCc1ccc(C#N)cc1)NSc1ccc2cnccc2c1. The van der Waals surface area contributed by atoms with Gasteiger partial charge in [0.05, 0.1) is 11.6 Å². The normalized spacial score (nSPS) is 12.0. The lowest BCUT2D eigenvalue weighted by atomic mass is 10.1. The van der Waals surface area contributed by atoms with Crippen molar-refractivity contribution in [2.75, 3.05) is 13.1 Å². The average molecular weight is 363 g/mol. The van der Waals surface area contributed by atoms with E-state index in [-0.39, 0.29) is 0 Å². The standard InChI is InChI=1S/C21H22N4S/c1-16(14-23-10-8-17-2-4-18(13-22)5-3-17)25-26-21-7-6-20-15-24-11-9-19(20)12-21/h2-7,9,11-12,15-16,23,25H,8,10,14H2,1H3/t16-/m1/s1. The molecule has 0 saturated heterocycles. The van der Waals surface area contributed by atoms with E-state index in [0.717, 1.165) is 24.9 Å². The van der Waals surface area contributed by atoms with Gasteiger partial charge in [-0.15, -0.1) is 0 Å². The highest BCUT2D eigenvalue weighted by Crippen LogP contribution is 2.21. The second-order valence-electron chi connectivity index (χ2n) is 6.27. The summed E-state index contributed by atoms with van der Waals surface area (Å²) in [5.41, 5.74) is 1.96. The van der Waals surface area contributed by atoms with Crippen molar-refractivity contribution >= 4 is 22.7 Å². The van der Waals surface area contributed by atoms with Gasteiger partial charge in [-0.25, -0.2) is 0 Å². The fourth-order valence-corrected chi connectivity index (χ4v) is 3.38. The highest BCUT2D eigenvalue weighted by Gasteiger charge is 2.03. The number of hydrogen-bond donors (Lipinski definition) is 2. The van der Waals surface area contributed by atoms with Crippen LogP contribution in [0.4, 0.5) is 0 Å². The first kappa shape index (κ1) is 18.4. The first-order valence-corrected chi connectivity index (χ1v) is 9.52. The summed E-state index contributed by atoms with van der Waals surface area (Å²) in [5.74, 6) is 0. The summed E-state index contributed by atoms with van der Waals surface area (Å²) in [6.07, 6.45) is 4.67. The molecule has 0 bridgehead atoms. The van der Waals surface area contributed by atoms with E-state index in [1.54, 1.807) is 11.9 Å². The molecule has 1 aromatic heterocycles. The molecule has 5 heteroatoms. The molecule has 2 N–H and O–H groups in total. The second kappa shape index (κ2) is 9.35. The van der Waals surface area contributed by atoms with Crippen molar-refractivity contribution in [2.24, 2.45) is 0 Å². The molecule has 1 atom stereocenters. The number of pyridine rings is 1. The lowest BCUT2D eigenvalue weighted by molar-refractivity contribution is 0.586. The van der Waals surface area contributed by atoms with Gasteiger partial charge >= 0.3 is 0 Å². The van der Waals surface area contributed by atoms with Crippen molar-refractivity contribution in [1.29, 1.82) is 5.26 Å². The maximum absolute atomic E-state index is 8.81. The van der Waals surface area contributed by atoms with Gasteiger partial charge < -0.3 is 5.32 Å². The van der Waals surface area contributed by atoms with Crippen LogP contribution in [-0.2, 0) is 6.42 Å². The summed E-state index contributed by atoms with van der Waals surface area (Å²) in [6, 6.07) is 18.7. The largest absolute Gasteiger partial charge is 0.315 e. The summed E-state index contributed by atoms with van der Waals surface area (Å²) in [6.45, 7) is 4.00. The lowest BCUT2D eigenvalue weighted by Crippen LogP contribution is -2.33. The molecule has 0 spiro atoms. The molecule has 0 aliphatic rings. The van der Waals surface area contributed by atoms with Gasteiger partial charge in [0.2, 0.25) is 0 Å². The molecule has 2 aromatic carbocycles. The molecule has 132 valence electrons. The van der Waals surface area contributed by atoms with Gasteiger partial charge in [0.1, 0.15) is 0 Å². The molecular formula is C21H22N4S. The van der Waals surface area contributed by atoms with Crippen LogP contribution in [0.5, 0.6) is 0 Å². The third kappa shape index (κ3) is 5.30. The average Bonchev–Trinajstić information content (AvgIpc) is 2.70. The Kier molecular flexibility index (Phi) is 6.62. The second-order valence-corrected chi connectivity index (χ2v) is 7.18. The molecule has 0 saturated carbocycles. The molecule has 1 heterocycles. The quantitative estimate of drug-likeness (QED) is 0.470. The minimum absolute atomic E-state index is 0.356. The number of hydrogen-bond acceptors (Lipinski definition) is 5. The molecule has 0 aliphatic heterocycles. The van der Waals surface area contributed by atoms with Gasteiger partial charge in [-0.2, -0.15) is 5.26 Å². The summed E-state index contributed by atoms with van der Waals surface area (Å²) in [4.78, 5) is 5.35. The van der Waals surface area contributed by atoms with Crippen LogP contribution < -0.4 is 10.0 Å². The van der Waals surface area contributed by atoms with Crippen LogP contribution in [-0.4, -0.2) is 24.1 Å². The fourth-order valence-electron chi connectivity index (χ4n) is 2.63. The summed E-state index contributed by atoms with van der Waals surface area (Å²) < 4.78 is 3.48. The van der Waals surface area contributed by atoms with Crippen molar-refractivity contribution in [2.45, 2.75) is 24.3 Å². The maximum atomic E-state index is 8.81. The molecule has 4 nitrogen and oxygen atoms in total. The van der Waals surface area contributed by atoms with Crippen molar-refractivity contribution < 1.29 is 0 Å². The van der Waals surface area contributed by atoms with Crippen LogP contribution in [0.15, 0.2) is 65.8 Å². The van der Waals surface area contributed by atoms with Gasteiger partial charge in [0.15, 0.2) is 0 Å². The third-order valence-electron chi connectivity index (χ3n) is 4.11. The van der Waals surface area contributed by atoms with Crippen LogP contribution in [0, 0.1) is 11.3 Å². The zero-order valence-electron chi connectivity index (χ0n) is 14.8. The summed E-state index contributed by atoms with van der Waals surface area (Å²) >= 11 is 1.66. The van der Waals surface area contributed by atoms with Gasteiger partial charge in [0.25, 0.3) is 0 Å². The number of fused-ring (bicyclic) bond motifs is 1. The fraction of sp³-hybridized carbons (Fsp3) is 0.238. The predicted octanol–water partition coefficient (Wildman–Crippen LogP) is 3.92. The topological polar surface area (TPSA) is 60.7 Å². The minimum Gasteiger partial charge on any atom is -0.315 e. The number of aromatic nitrogens is 1. The van der Waals surface area contributed by atoms with E-state index < -0.39 is 0 Å². The van der Waals surface area contributed by atoms with E-state index in [9.17, 15) is 0 Å². The van der Waals surface area contributed by atoms with E-state index >= 15 is 0 Å². The Morgan fingerprint density at radius 1 is 1.12 bits per heavy atom. The highest BCUT2D eigenvalue weighted by molar-refractivity contribution is 7.97. The summed E-state index contributed by atoms with van der Waals surface area (Å²) in [7, 11) is 0. The molecule has 0 aliphatic carbocycles. The maximum Gasteiger partial charge on any atom is 0.0991 e. The zero-order chi connectivity index (χ0) is 18.2. The van der Waals surface area contributed by atoms with E-state index in [2.05, 4.69) is 46.2 Å². The van der Waals surface area contributed by atoms with Gasteiger partial charge in [-0.1, -0.05) is 18.2 Å². The van der Waals surface area contributed by atoms with Crippen molar-refractivity contribution in [1.82, 2.24) is 15.0 Å². The van der Waals surface area contributed by atoms with E-state index in [0.29, 0.717) is 11.6 Å². The van der Waals surface area contributed by atoms with Crippen LogP contribution in [0.1, 0.15) is 18.1 Å². The number of nitrogens with one attached hydrogen (secondary N) is 2. The molecule has 3 rings (SSSR count). The van der Waals surface area contributed by atoms with E-state index in [4.69, 9.17) is 5.26 Å². The number of nitrogens with zero attached hydrogens (tertiary/aromatic N) is 2. The van der Waals surface area contributed by atoms with Crippen LogP contribution in [0.3, 0.4) is 0 Å². The molecule has 0 radical (unpaired) electrons. The molecule has 0 unspecified atom stereocenters. The molecule has 26 heavy (non-hydrogen) atoms. The van der Waals surface area contributed by atoms with Crippen LogP contribution in [0.25, 0.3) is 10.8 Å². The Labute approximate surface area is 158 Å². The Morgan fingerprint density at radius 2 is 1.96 bits per heavy atom. The van der Waals surface area contributed by atoms with Crippen LogP contribution in [0.2, 0.25) is 0 Å². The number of nitriles is 1. The smallest absolute Gasteiger partial charge is 0.0991 e. The number of benzene rings is 2. The third-order valence-corrected chi connectivity index (χ3v) is 5.12. The minimum atomic E-state index is 0.356. The monoisotopic (exact) mass is 362 g/mol. The van der Waals surface area contributed by atoms with Gasteiger partial charge in [-0.3, -0.25) is 9.71 Å². The number of rotatable bonds is 8. The Morgan fingerprint density at radius 3 is 2.77 bits per heavy atom. The lowest BCUT2D eigenvalue weighted by Gasteiger charge is -2.14. The first-order valence-electron chi connectivity index (χ1n) is 8.70. The molecule has 3 aromatic rings. The molecule has 0 fully saturated rings. The van der Waals surface area contributed by atoms with E-state index in [1.807, 2.05) is 42.7 Å². The first-order chi connectivity index (χ1) is 12.7. The van der Waals surface area contributed by atoms with Gasteiger partial charge in [-0.05, 0) is 73.1 Å². The molecular weight excluding hydrogens is 340 g/mol. The van der Waals surface area contributed by atoms with Crippen LogP contribution >= 0.6 is 11.9 Å². The van der Waals surface area contributed by atoms with E-state index in [1.165, 1.54) is 15.8 Å². The Balaban J connectivity index is 1.38. The van der Waals surface area contributed by atoms with Crippen molar-refractivity contribution in [3.8, 4) is 6.07 Å². The Bertz CT molecular complexity index is 886. The zero-order valence-corrected chi connectivity index (χ0v) is 15.6. The predicted molar refractivity (Wildman–Crippen MR) is 108 cm³/mol. The van der Waals surface area contributed by atoms with Crippen molar-refractivity contribution in [3.05, 3.63) is 72.1 Å². The highest BCUT2D eigenvalue weighted by atomic mass is 32.2.